The average Bonchev–Trinajstić information content (AvgIpc) is 2.42. The summed E-state index contributed by atoms with van der Waals surface area (Å²) >= 11 is 0. The molecule has 1 aromatic rings. The van der Waals surface area contributed by atoms with Crippen LogP contribution in [-0.2, 0) is 4.79 Å². The molecule has 6 nitrogen and oxygen atoms in total. The van der Waals surface area contributed by atoms with Crippen molar-refractivity contribution < 1.29 is 14.7 Å². The molecule has 2 unspecified atom stereocenters. The highest BCUT2D eigenvalue weighted by Gasteiger charge is 2.43. The summed E-state index contributed by atoms with van der Waals surface area (Å²) in [5.41, 5.74) is -0.698. The van der Waals surface area contributed by atoms with Crippen molar-refractivity contribution in [2.24, 2.45) is 5.41 Å². The molecule has 19 heavy (non-hydrogen) atoms. The molecular weight excluding hydrogens is 246 g/mol. The van der Waals surface area contributed by atoms with Gasteiger partial charge in [0, 0.05) is 18.4 Å². The molecule has 0 bridgehead atoms. The van der Waals surface area contributed by atoms with E-state index in [1.54, 1.807) is 6.92 Å². The van der Waals surface area contributed by atoms with Crippen molar-refractivity contribution in [3.8, 4) is 0 Å². The highest BCUT2D eigenvalue weighted by molar-refractivity contribution is 5.92. The van der Waals surface area contributed by atoms with Crippen LogP contribution < -0.4 is 5.32 Å². The van der Waals surface area contributed by atoms with Crippen molar-refractivity contribution in [1.82, 2.24) is 15.3 Å². The maximum Gasteiger partial charge on any atom is 0.311 e. The Morgan fingerprint density at radius 3 is 2.84 bits per heavy atom. The van der Waals surface area contributed by atoms with Gasteiger partial charge in [-0.2, -0.15) is 0 Å². The molecule has 0 spiro atoms. The molecule has 1 amide bonds. The van der Waals surface area contributed by atoms with Gasteiger partial charge in [0.15, 0.2) is 0 Å². The van der Waals surface area contributed by atoms with Gasteiger partial charge in [-0.1, -0.05) is 12.8 Å². The SMILES string of the molecule is CC1(C(=O)O)CCCCC1NC(=O)c1cnccn1. The average molecular weight is 263 g/mol. The van der Waals surface area contributed by atoms with E-state index < -0.39 is 11.4 Å². The molecule has 1 aliphatic rings. The van der Waals surface area contributed by atoms with Crippen molar-refractivity contribution >= 4 is 11.9 Å². The Labute approximate surface area is 111 Å². The van der Waals surface area contributed by atoms with Crippen LogP contribution in [0.3, 0.4) is 0 Å². The number of nitrogens with zero attached hydrogens (tertiary/aromatic N) is 2. The van der Waals surface area contributed by atoms with Crippen LogP contribution >= 0.6 is 0 Å². The monoisotopic (exact) mass is 263 g/mol. The lowest BCUT2D eigenvalue weighted by Gasteiger charge is -2.38. The fraction of sp³-hybridized carbons (Fsp3) is 0.538. The van der Waals surface area contributed by atoms with Gasteiger partial charge < -0.3 is 10.4 Å². The largest absolute Gasteiger partial charge is 0.481 e. The van der Waals surface area contributed by atoms with Crippen LogP contribution in [-0.4, -0.2) is 33.0 Å². The fourth-order valence-corrected chi connectivity index (χ4v) is 2.47. The van der Waals surface area contributed by atoms with Crippen LogP contribution in [0.2, 0.25) is 0 Å². The summed E-state index contributed by atoms with van der Waals surface area (Å²) in [6.45, 7) is 1.69. The summed E-state index contributed by atoms with van der Waals surface area (Å²) in [5.74, 6) is -1.23. The Kier molecular flexibility index (Phi) is 3.78. The van der Waals surface area contributed by atoms with E-state index in [0.29, 0.717) is 12.8 Å². The Morgan fingerprint density at radius 1 is 1.42 bits per heavy atom. The van der Waals surface area contributed by atoms with Gasteiger partial charge in [-0.15, -0.1) is 0 Å². The third-order valence-electron chi connectivity index (χ3n) is 3.80. The minimum absolute atomic E-state index is 0.209. The number of aliphatic carboxylic acids is 1. The Balaban J connectivity index is 2.12. The number of aromatic nitrogens is 2. The van der Waals surface area contributed by atoms with Gasteiger partial charge in [-0.3, -0.25) is 14.6 Å². The molecule has 2 atom stereocenters. The summed E-state index contributed by atoms with van der Waals surface area (Å²) in [7, 11) is 0. The Hall–Kier alpha value is -1.98. The van der Waals surface area contributed by atoms with E-state index in [9.17, 15) is 14.7 Å². The summed E-state index contributed by atoms with van der Waals surface area (Å²) in [6.07, 6.45) is 7.35. The van der Waals surface area contributed by atoms with Gasteiger partial charge in [0.2, 0.25) is 0 Å². The zero-order chi connectivity index (χ0) is 13.9. The van der Waals surface area contributed by atoms with Gasteiger partial charge in [-0.05, 0) is 19.8 Å². The standard InChI is InChI=1S/C13H17N3O3/c1-13(12(18)19)5-3-2-4-10(13)16-11(17)9-8-14-6-7-15-9/h6-8,10H,2-5H2,1H3,(H,16,17)(H,18,19). The second kappa shape index (κ2) is 5.34. The first-order valence-electron chi connectivity index (χ1n) is 6.34. The molecule has 1 aliphatic carbocycles. The summed E-state index contributed by atoms with van der Waals surface area (Å²) < 4.78 is 0. The van der Waals surface area contributed by atoms with Crippen molar-refractivity contribution in [1.29, 1.82) is 0 Å². The van der Waals surface area contributed by atoms with Crippen LogP contribution in [0.15, 0.2) is 18.6 Å². The molecule has 1 aromatic heterocycles. The van der Waals surface area contributed by atoms with E-state index >= 15 is 0 Å². The van der Waals surface area contributed by atoms with Crippen molar-refractivity contribution in [2.45, 2.75) is 38.6 Å². The van der Waals surface area contributed by atoms with E-state index in [-0.39, 0.29) is 17.6 Å². The number of carbonyl (C=O) groups excluding carboxylic acids is 1. The lowest BCUT2D eigenvalue weighted by molar-refractivity contribution is -0.151. The highest BCUT2D eigenvalue weighted by Crippen LogP contribution is 2.36. The molecule has 0 aliphatic heterocycles. The van der Waals surface area contributed by atoms with Crippen LogP contribution in [0.1, 0.15) is 43.1 Å². The quantitative estimate of drug-likeness (QED) is 0.856. The molecule has 102 valence electrons. The third kappa shape index (κ3) is 2.72. The Morgan fingerprint density at radius 2 is 2.21 bits per heavy atom. The van der Waals surface area contributed by atoms with E-state index in [2.05, 4.69) is 15.3 Å². The van der Waals surface area contributed by atoms with Gasteiger partial charge in [0.25, 0.3) is 5.91 Å². The molecule has 0 radical (unpaired) electrons. The van der Waals surface area contributed by atoms with Crippen molar-refractivity contribution in [3.05, 3.63) is 24.3 Å². The minimum Gasteiger partial charge on any atom is -0.481 e. The van der Waals surface area contributed by atoms with Gasteiger partial charge >= 0.3 is 5.97 Å². The van der Waals surface area contributed by atoms with E-state index in [1.807, 2.05) is 0 Å². The van der Waals surface area contributed by atoms with Crippen LogP contribution in [0.25, 0.3) is 0 Å². The first-order chi connectivity index (χ1) is 9.04. The lowest BCUT2D eigenvalue weighted by Crippen LogP contribution is -2.52. The molecule has 1 saturated carbocycles. The molecular formula is C13H17N3O3. The topological polar surface area (TPSA) is 92.2 Å². The van der Waals surface area contributed by atoms with Crippen molar-refractivity contribution in [2.75, 3.05) is 0 Å². The number of rotatable bonds is 3. The highest BCUT2D eigenvalue weighted by atomic mass is 16.4. The van der Waals surface area contributed by atoms with Gasteiger partial charge in [0.05, 0.1) is 11.6 Å². The van der Waals surface area contributed by atoms with Crippen LogP contribution in [0.5, 0.6) is 0 Å². The predicted octanol–water partition coefficient (Wildman–Crippen LogP) is 1.24. The number of nitrogens with one attached hydrogen (secondary N) is 1. The Bertz CT molecular complexity index is 477. The number of carboxylic acid groups (broad SMARTS) is 1. The molecule has 0 aromatic carbocycles. The second-order valence-corrected chi connectivity index (χ2v) is 5.09. The van der Waals surface area contributed by atoms with E-state index in [1.165, 1.54) is 18.6 Å². The second-order valence-electron chi connectivity index (χ2n) is 5.09. The van der Waals surface area contributed by atoms with E-state index in [4.69, 9.17) is 0 Å². The lowest BCUT2D eigenvalue weighted by atomic mass is 9.71. The number of hydrogen-bond acceptors (Lipinski definition) is 4. The van der Waals surface area contributed by atoms with Gasteiger partial charge in [0.1, 0.15) is 5.69 Å². The maximum absolute atomic E-state index is 12.0. The summed E-state index contributed by atoms with van der Waals surface area (Å²) in [6, 6.07) is -0.367. The first-order valence-corrected chi connectivity index (χ1v) is 6.34. The van der Waals surface area contributed by atoms with Crippen LogP contribution in [0, 0.1) is 5.41 Å². The minimum atomic E-state index is -0.907. The molecule has 2 N–H and O–H groups in total. The maximum atomic E-state index is 12.0. The molecule has 1 fully saturated rings. The normalized spacial score (nSPS) is 26.7. The molecule has 0 saturated heterocycles. The zero-order valence-electron chi connectivity index (χ0n) is 10.8. The molecule has 2 rings (SSSR count). The van der Waals surface area contributed by atoms with Gasteiger partial charge in [-0.25, -0.2) is 4.98 Å². The number of carboxylic acids is 1. The number of hydrogen-bond donors (Lipinski definition) is 2. The molecule has 6 heteroatoms. The van der Waals surface area contributed by atoms with Crippen LogP contribution in [0.4, 0.5) is 0 Å². The fourth-order valence-electron chi connectivity index (χ4n) is 2.47. The molecule has 1 heterocycles. The first kappa shape index (κ1) is 13.5. The predicted molar refractivity (Wildman–Crippen MR) is 67.5 cm³/mol. The van der Waals surface area contributed by atoms with Crippen molar-refractivity contribution in [3.63, 3.8) is 0 Å². The number of amides is 1. The number of carbonyl (C=O) groups is 2. The summed E-state index contributed by atoms with van der Waals surface area (Å²) in [4.78, 5) is 31.2. The van der Waals surface area contributed by atoms with E-state index in [0.717, 1.165) is 12.8 Å². The summed E-state index contributed by atoms with van der Waals surface area (Å²) in [5, 5.41) is 12.2. The zero-order valence-corrected chi connectivity index (χ0v) is 10.8. The third-order valence-corrected chi connectivity index (χ3v) is 3.80. The smallest absolute Gasteiger partial charge is 0.311 e.